The van der Waals surface area contributed by atoms with Gasteiger partial charge in [-0.1, -0.05) is 24.5 Å². The van der Waals surface area contributed by atoms with Crippen molar-refractivity contribution < 1.29 is 0 Å². The van der Waals surface area contributed by atoms with E-state index in [4.69, 9.17) is 5.73 Å². The average Bonchev–Trinajstić information content (AvgIpc) is 2.68. The van der Waals surface area contributed by atoms with E-state index < -0.39 is 0 Å². The number of nitrogens with two attached hydrogens (primary N) is 1. The monoisotopic (exact) mass is 222 g/mol. The molecule has 1 unspecified atom stereocenters. The first-order valence-corrected chi connectivity index (χ1v) is 6.59. The van der Waals surface area contributed by atoms with Crippen LogP contribution in [0.1, 0.15) is 49.4 Å². The number of hydrogen-bond donors (Lipinski definition) is 1. The van der Waals surface area contributed by atoms with Gasteiger partial charge in [0, 0.05) is 11.1 Å². The molecule has 0 amide bonds. The molecular weight excluding hydrogens is 204 g/mol. The molecule has 0 aromatic carbocycles. The number of nitrogens with zero attached hydrogens (tertiary/aromatic N) is 1. The summed E-state index contributed by atoms with van der Waals surface area (Å²) in [5.41, 5.74) is 9.51. The van der Waals surface area contributed by atoms with Crippen LogP contribution in [0.4, 0.5) is 0 Å². The predicted molar refractivity (Wildman–Crippen MR) is 64.8 cm³/mol. The highest BCUT2D eigenvalue weighted by Crippen LogP contribution is 2.28. The topological polar surface area (TPSA) is 38.9 Å². The van der Waals surface area contributed by atoms with Gasteiger partial charge < -0.3 is 5.73 Å². The fraction of sp³-hybridized carbons (Fsp3) is 0.583. The summed E-state index contributed by atoms with van der Waals surface area (Å²) in [5, 5.41) is 0. The lowest BCUT2D eigenvalue weighted by Gasteiger charge is -2.16. The second kappa shape index (κ2) is 5.42. The summed E-state index contributed by atoms with van der Waals surface area (Å²) in [7, 11) is 0. The molecule has 0 saturated carbocycles. The van der Waals surface area contributed by atoms with Gasteiger partial charge in [-0.3, -0.25) is 4.98 Å². The maximum absolute atomic E-state index is 6.24. The van der Waals surface area contributed by atoms with Crippen molar-refractivity contribution in [1.82, 2.24) is 4.98 Å². The molecule has 0 fully saturated rings. The van der Waals surface area contributed by atoms with Crippen molar-refractivity contribution in [3.05, 3.63) is 28.2 Å². The van der Waals surface area contributed by atoms with E-state index in [0.717, 1.165) is 0 Å². The van der Waals surface area contributed by atoms with E-state index in [-0.39, 0.29) is 6.04 Å². The Morgan fingerprint density at radius 1 is 1.27 bits per heavy atom. The molecule has 2 N–H and O–H groups in total. The first-order chi connectivity index (χ1) is 7.38. The Bertz CT molecular complexity index is 316. The van der Waals surface area contributed by atoms with Crippen molar-refractivity contribution in [3.63, 3.8) is 0 Å². The molecule has 0 aliphatic heterocycles. The SMILES string of the molecule is NC(C1=CCCCCCC1)c1cncs1. The summed E-state index contributed by atoms with van der Waals surface area (Å²) in [6, 6.07) is 0.0931. The molecule has 15 heavy (non-hydrogen) atoms. The summed E-state index contributed by atoms with van der Waals surface area (Å²) in [4.78, 5) is 5.29. The van der Waals surface area contributed by atoms with Crippen LogP contribution < -0.4 is 5.73 Å². The largest absolute Gasteiger partial charge is 0.320 e. The highest BCUT2D eigenvalue weighted by Gasteiger charge is 2.13. The molecular formula is C12H18N2S. The van der Waals surface area contributed by atoms with Gasteiger partial charge in [-0.2, -0.15) is 0 Å². The smallest absolute Gasteiger partial charge is 0.0794 e. The second-order valence-electron chi connectivity index (χ2n) is 4.11. The summed E-state index contributed by atoms with van der Waals surface area (Å²) >= 11 is 1.66. The average molecular weight is 222 g/mol. The zero-order chi connectivity index (χ0) is 10.5. The van der Waals surface area contributed by atoms with Crippen molar-refractivity contribution in [3.8, 4) is 0 Å². The Hall–Kier alpha value is -0.670. The first kappa shape index (κ1) is 10.8. The van der Waals surface area contributed by atoms with Gasteiger partial charge in [-0.15, -0.1) is 11.3 Å². The summed E-state index contributed by atoms with van der Waals surface area (Å²) in [6.07, 6.45) is 11.9. The zero-order valence-corrected chi connectivity index (χ0v) is 9.80. The van der Waals surface area contributed by atoms with Gasteiger partial charge in [0.15, 0.2) is 0 Å². The maximum Gasteiger partial charge on any atom is 0.0794 e. The third-order valence-electron chi connectivity index (χ3n) is 2.98. The third-order valence-corrected chi connectivity index (χ3v) is 3.84. The zero-order valence-electron chi connectivity index (χ0n) is 8.98. The van der Waals surface area contributed by atoms with Gasteiger partial charge in [-0.25, -0.2) is 0 Å². The van der Waals surface area contributed by atoms with E-state index in [1.165, 1.54) is 49.0 Å². The van der Waals surface area contributed by atoms with Gasteiger partial charge >= 0.3 is 0 Å². The Labute approximate surface area is 95.2 Å². The molecule has 1 aliphatic carbocycles. The van der Waals surface area contributed by atoms with E-state index in [1.807, 2.05) is 11.7 Å². The van der Waals surface area contributed by atoms with E-state index in [0.29, 0.717) is 0 Å². The lowest BCUT2D eigenvalue weighted by Crippen LogP contribution is -2.12. The minimum Gasteiger partial charge on any atom is -0.320 e. The fourth-order valence-electron chi connectivity index (χ4n) is 2.06. The number of aromatic nitrogens is 1. The molecule has 3 heteroatoms. The van der Waals surface area contributed by atoms with Crippen LogP contribution in [0.5, 0.6) is 0 Å². The summed E-state index contributed by atoms with van der Waals surface area (Å²) in [6.45, 7) is 0. The van der Waals surface area contributed by atoms with Crippen LogP contribution in [-0.4, -0.2) is 4.98 Å². The van der Waals surface area contributed by atoms with Crippen LogP contribution in [0, 0.1) is 0 Å². The highest BCUT2D eigenvalue weighted by atomic mass is 32.1. The lowest BCUT2D eigenvalue weighted by atomic mass is 9.95. The predicted octanol–water partition coefficient (Wildman–Crippen LogP) is 3.42. The van der Waals surface area contributed by atoms with Crippen LogP contribution in [0.3, 0.4) is 0 Å². The molecule has 82 valence electrons. The Balaban J connectivity index is 2.07. The van der Waals surface area contributed by atoms with E-state index in [1.54, 1.807) is 11.3 Å². The quantitative estimate of drug-likeness (QED) is 0.779. The molecule has 1 aromatic rings. The van der Waals surface area contributed by atoms with Gasteiger partial charge in [0.05, 0.1) is 11.6 Å². The molecule has 0 spiro atoms. The van der Waals surface area contributed by atoms with Crippen LogP contribution in [0.2, 0.25) is 0 Å². The Kier molecular flexibility index (Phi) is 3.92. The maximum atomic E-state index is 6.24. The second-order valence-corrected chi connectivity index (χ2v) is 5.03. The number of rotatable bonds is 2. The molecule has 0 saturated heterocycles. The van der Waals surface area contributed by atoms with Crippen LogP contribution in [0.25, 0.3) is 0 Å². The molecule has 1 heterocycles. The number of thiazole rings is 1. The van der Waals surface area contributed by atoms with E-state index in [9.17, 15) is 0 Å². The molecule has 0 bridgehead atoms. The lowest BCUT2D eigenvalue weighted by molar-refractivity contribution is 0.604. The normalized spacial score (nSPS) is 20.2. The van der Waals surface area contributed by atoms with E-state index in [2.05, 4.69) is 11.1 Å². The molecule has 1 aliphatic rings. The molecule has 1 aromatic heterocycles. The van der Waals surface area contributed by atoms with E-state index >= 15 is 0 Å². The van der Waals surface area contributed by atoms with Crippen molar-refractivity contribution in [1.29, 1.82) is 0 Å². The molecule has 1 atom stereocenters. The Morgan fingerprint density at radius 2 is 2.13 bits per heavy atom. The van der Waals surface area contributed by atoms with Gasteiger partial charge in [0.25, 0.3) is 0 Å². The molecule has 2 nitrogen and oxygen atoms in total. The van der Waals surface area contributed by atoms with Crippen molar-refractivity contribution in [2.24, 2.45) is 5.73 Å². The minimum absolute atomic E-state index is 0.0931. The Morgan fingerprint density at radius 3 is 2.93 bits per heavy atom. The summed E-state index contributed by atoms with van der Waals surface area (Å²) < 4.78 is 0. The number of allylic oxidation sites excluding steroid dienone is 1. The molecule has 2 rings (SSSR count). The van der Waals surface area contributed by atoms with Gasteiger partial charge in [-0.05, 0) is 25.7 Å². The van der Waals surface area contributed by atoms with Crippen molar-refractivity contribution >= 4 is 11.3 Å². The third kappa shape index (κ3) is 2.89. The van der Waals surface area contributed by atoms with Gasteiger partial charge in [0.1, 0.15) is 0 Å². The highest BCUT2D eigenvalue weighted by molar-refractivity contribution is 7.09. The summed E-state index contributed by atoms with van der Waals surface area (Å²) in [5.74, 6) is 0. The molecule has 0 radical (unpaired) electrons. The van der Waals surface area contributed by atoms with Crippen LogP contribution in [-0.2, 0) is 0 Å². The van der Waals surface area contributed by atoms with Crippen LogP contribution >= 0.6 is 11.3 Å². The van der Waals surface area contributed by atoms with Crippen molar-refractivity contribution in [2.75, 3.05) is 0 Å². The number of hydrogen-bond acceptors (Lipinski definition) is 3. The fourth-order valence-corrected chi connectivity index (χ4v) is 2.72. The minimum atomic E-state index is 0.0931. The van der Waals surface area contributed by atoms with Gasteiger partial charge in [0.2, 0.25) is 0 Å². The standard InChI is InChI=1S/C12H18N2S/c13-12(11-8-14-9-15-11)10-6-4-2-1-3-5-7-10/h6,8-9,12H,1-5,7,13H2. The first-order valence-electron chi connectivity index (χ1n) is 5.71. The van der Waals surface area contributed by atoms with Crippen LogP contribution in [0.15, 0.2) is 23.4 Å². The van der Waals surface area contributed by atoms with Crippen molar-refractivity contribution in [2.45, 2.75) is 44.6 Å².